The van der Waals surface area contributed by atoms with Crippen molar-refractivity contribution in [3.8, 4) is 0 Å². The van der Waals surface area contributed by atoms with Gasteiger partial charge in [-0.3, -0.25) is 18.4 Å². The van der Waals surface area contributed by atoms with E-state index in [1.54, 1.807) is 6.92 Å². The van der Waals surface area contributed by atoms with Crippen LogP contribution in [-0.4, -0.2) is 118 Å². The number of nitrogens with one attached hydrogen (secondary N) is 1. The van der Waals surface area contributed by atoms with Crippen LogP contribution >= 0.6 is 15.6 Å². The average Bonchev–Trinajstić information content (AvgIpc) is 1.01. The number of ether oxygens (including phenoxy) is 3. The number of phosphoric ester groups is 2. The maximum absolute atomic E-state index is 13.0. The smallest absolute Gasteiger partial charge is 0.276 e. The van der Waals surface area contributed by atoms with E-state index in [2.05, 4.69) is 147 Å². The van der Waals surface area contributed by atoms with Crippen LogP contribution in [0.1, 0.15) is 218 Å². The largest absolute Gasteiger partial charge is 0.756 e. The van der Waals surface area contributed by atoms with Crippen molar-refractivity contribution in [1.29, 1.82) is 0 Å². The molecular formula is C69H113NO17P2-2. The van der Waals surface area contributed by atoms with Crippen LogP contribution < -0.4 is 15.1 Å². The van der Waals surface area contributed by atoms with Crippen molar-refractivity contribution >= 4 is 21.6 Å². The molecule has 2 heterocycles. The van der Waals surface area contributed by atoms with E-state index in [-0.39, 0.29) is 0 Å². The number of amides is 1. The molecule has 2 aliphatic heterocycles. The molecule has 0 saturated carbocycles. The predicted octanol–water partition coefficient (Wildman–Crippen LogP) is 13.0. The molecule has 89 heavy (non-hydrogen) atoms. The highest BCUT2D eigenvalue weighted by molar-refractivity contribution is 7.59. The van der Waals surface area contributed by atoms with Gasteiger partial charge < -0.3 is 64.5 Å². The number of aliphatic hydroxyl groups excluding tert-OH is 6. The van der Waals surface area contributed by atoms with Gasteiger partial charge in [0.1, 0.15) is 48.8 Å². The van der Waals surface area contributed by atoms with Crippen LogP contribution in [-0.2, 0) is 41.5 Å². The molecule has 508 valence electrons. The molecule has 20 heteroatoms. The quantitative estimate of drug-likeness (QED) is 0.0221. The number of phosphoric acid groups is 2. The summed E-state index contributed by atoms with van der Waals surface area (Å²) in [7, 11) is -11.6. The summed E-state index contributed by atoms with van der Waals surface area (Å²) in [6.45, 7) is 24.7. The zero-order valence-corrected chi connectivity index (χ0v) is 57.7. The molecule has 0 aromatic rings. The van der Waals surface area contributed by atoms with Crippen molar-refractivity contribution in [1.82, 2.24) is 5.32 Å². The van der Waals surface area contributed by atoms with Crippen molar-refractivity contribution in [3.63, 3.8) is 0 Å². The monoisotopic (exact) mass is 1290 g/mol. The predicted molar refractivity (Wildman–Crippen MR) is 351 cm³/mol. The summed E-state index contributed by atoms with van der Waals surface area (Å²) in [5.74, 6) is -0.853. The molecule has 2 aliphatic rings. The number of carbonyl (C=O) groups is 1. The van der Waals surface area contributed by atoms with Gasteiger partial charge in [0.25, 0.3) is 15.6 Å². The average molecular weight is 1290 g/mol. The zero-order valence-electron chi connectivity index (χ0n) is 56.0. The fourth-order valence-electron chi connectivity index (χ4n) is 10.1. The van der Waals surface area contributed by atoms with Crippen molar-refractivity contribution < 1.29 is 81.9 Å². The summed E-state index contributed by atoms with van der Waals surface area (Å²) in [6.07, 6.45) is 29.0. The fraction of sp³-hybridized carbons (Fsp3) is 0.667. The normalized spacial score (nSPS) is 25.7. The van der Waals surface area contributed by atoms with Gasteiger partial charge in [-0.05, 0) is 212 Å². The molecule has 0 aliphatic carbocycles. The van der Waals surface area contributed by atoms with Gasteiger partial charge in [-0.15, -0.1) is 0 Å². The first-order chi connectivity index (χ1) is 42.0. The summed E-state index contributed by atoms with van der Waals surface area (Å²) in [4.78, 5) is 37.9. The standard InChI is InChI=1S/C69H115NO17P2/c1-48(2)24-14-25-49(3)26-15-27-50(4)28-16-29-51(5)30-17-31-52(6)32-18-33-53(7)34-19-35-54(8)36-20-37-55(9)38-21-39-56(10)40-22-41-57(11)42-23-43-58(12)44-45-82-88(78,79)87-89(80,81)86-68-62(70-59(13)73)67(64(75)61(47-72)83-68)85-69-66(77)65(76)63(74)60(46-71)84-69/h24,26,28,30,32,34,36,38,40,42,44,60-69,71-72,74-77H,14-23,25,27,29,31,33,35,37,39,41,43,45-47H2,1-13H3,(H,70,73)(H,78,79)(H,80,81)/p-2/b49-26+,50-28+,51-30-,52-32-,53-34-,54-36-,55-38-,56-40-,57-42-,58-44-/t60-,61-,62-,63+,64+,65+,66-,67-,68-,69+/m1/s1. The summed E-state index contributed by atoms with van der Waals surface area (Å²) in [5, 5.41) is 63.6. The van der Waals surface area contributed by atoms with Gasteiger partial charge >= 0.3 is 0 Å². The number of rotatable bonds is 42. The van der Waals surface area contributed by atoms with Crippen LogP contribution in [0.2, 0.25) is 0 Å². The van der Waals surface area contributed by atoms with Crippen LogP contribution in [0, 0.1) is 0 Å². The Morgan fingerprint density at radius 3 is 1.04 bits per heavy atom. The van der Waals surface area contributed by atoms with Crippen molar-refractivity contribution in [2.75, 3.05) is 19.8 Å². The molecule has 2 unspecified atom stereocenters. The number of hydrogen-bond acceptors (Lipinski definition) is 17. The van der Waals surface area contributed by atoms with Gasteiger partial charge in [0.05, 0.1) is 19.8 Å². The lowest BCUT2D eigenvalue weighted by Crippen LogP contribution is -2.68. The van der Waals surface area contributed by atoms with E-state index in [9.17, 15) is 54.4 Å². The minimum absolute atomic E-state index is 0.570. The second-order valence-electron chi connectivity index (χ2n) is 24.8. The first-order valence-corrected chi connectivity index (χ1v) is 34.9. The van der Waals surface area contributed by atoms with E-state index in [0.717, 1.165) is 128 Å². The van der Waals surface area contributed by atoms with Gasteiger partial charge in [-0.2, -0.15) is 0 Å². The van der Waals surface area contributed by atoms with Gasteiger partial charge in [0.2, 0.25) is 5.91 Å². The van der Waals surface area contributed by atoms with E-state index < -0.39 is 103 Å². The third-order valence-electron chi connectivity index (χ3n) is 15.8. The minimum atomic E-state index is -5.95. The maximum atomic E-state index is 13.0. The Hall–Kier alpha value is -3.49. The summed E-state index contributed by atoms with van der Waals surface area (Å²) < 4.78 is 55.9. The van der Waals surface area contributed by atoms with Gasteiger partial charge in [-0.1, -0.05) is 128 Å². The Labute approximate surface area is 534 Å². The molecule has 1 amide bonds. The Balaban J connectivity index is 1.70. The number of aliphatic hydroxyl groups is 6. The summed E-state index contributed by atoms with van der Waals surface area (Å²) in [5.41, 5.74) is 15.0. The molecule has 0 spiro atoms. The van der Waals surface area contributed by atoms with Crippen LogP contribution in [0.3, 0.4) is 0 Å². The van der Waals surface area contributed by atoms with Crippen LogP contribution in [0.4, 0.5) is 0 Å². The SMILES string of the molecule is CC(=O)N[C@H]1[C@@H](OP(=O)([O-])OP(=O)([O-])OC/C=C(/C)CC/C=C(/C)CC/C=C(/C)CC/C=C(/C)CC/C=C(/C)CC/C=C(/C)CC/C=C(/C)CC/C=C(/C)CC/C=C(\C)CC/C=C(\C)CCC=C(C)C)O[C@H](CO)[C@H](O)[C@@H]1O[C@@H]1O[C@H](CO)[C@H](O)[C@H](O)[C@H]1O. The highest BCUT2D eigenvalue weighted by Gasteiger charge is 2.52. The van der Waals surface area contributed by atoms with Crippen LogP contribution in [0.25, 0.3) is 0 Å². The van der Waals surface area contributed by atoms with Gasteiger partial charge in [0.15, 0.2) is 12.6 Å². The fourth-order valence-corrected chi connectivity index (χ4v) is 12.1. The zero-order chi connectivity index (χ0) is 66.7. The van der Waals surface area contributed by atoms with E-state index in [1.807, 2.05) is 0 Å². The molecule has 0 aromatic carbocycles. The van der Waals surface area contributed by atoms with Crippen molar-refractivity contribution in [3.05, 3.63) is 128 Å². The summed E-state index contributed by atoms with van der Waals surface area (Å²) in [6, 6.07) is -1.82. The van der Waals surface area contributed by atoms with Crippen LogP contribution in [0.5, 0.6) is 0 Å². The molecule has 2 rings (SSSR count). The number of allylic oxidation sites excluding steroid dienone is 21. The molecule has 12 atom stereocenters. The van der Waals surface area contributed by atoms with Crippen molar-refractivity contribution in [2.45, 2.75) is 280 Å². The first kappa shape index (κ1) is 81.6. The lowest BCUT2D eigenvalue weighted by atomic mass is 9.95. The lowest BCUT2D eigenvalue weighted by molar-refractivity contribution is -0.343. The molecule has 0 aromatic heterocycles. The Morgan fingerprint density at radius 2 is 0.730 bits per heavy atom. The Bertz CT molecular complexity index is 2590. The third-order valence-corrected chi connectivity index (χ3v) is 18.4. The third kappa shape index (κ3) is 35.9. The van der Waals surface area contributed by atoms with Crippen LogP contribution in [0.15, 0.2) is 128 Å². The van der Waals surface area contributed by atoms with E-state index >= 15 is 0 Å². The topological polar surface area (TPSA) is 286 Å². The molecular weight excluding hydrogens is 1180 g/mol. The molecule has 0 bridgehead atoms. The molecule has 2 fully saturated rings. The Morgan fingerprint density at radius 1 is 0.427 bits per heavy atom. The van der Waals surface area contributed by atoms with E-state index in [4.69, 9.17) is 23.3 Å². The number of hydrogen-bond donors (Lipinski definition) is 7. The van der Waals surface area contributed by atoms with Gasteiger partial charge in [-0.25, -0.2) is 4.31 Å². The molecule has 18 nitrogen and oxygen atoms in total. The summed E-state index contributed by atoms with van der Waals surface area (Å²) >= 11 is 0. The van der Waals surface area contributed by atoms with Crippen molar-refractivity contribution in [2.24, 2.45) is 0 Å². The molecule has 2 saturated heterocycles. The highest BCUT2D eigenvalue weighted by atomic mass is 31.3. The lowest BCUT2D eigenvalue weighted by Gasteiger charge is -2.48. The molecule has 7 N–H and O–H groups in total. The molecule has 0 radical (unpaired) electrons. The second-order valence-corrected chi connectivity index (χ2v) is 27.7. The minimum Gasteiger partial charge on any atom is -0.756 e. The maximum Gasteiger partial charge on any atom is 0.276 e. The Kier molecular flexibility index (Phi) is 40.5. The first-order valence-electron chi connectivity index (χ1n) is 32.0. The second kappa shape index (κ2) is 44.2. The number of carbonyl (C=O) groups excluding carboxylic acids is 1. The highest BCUT2D eigenvalue weighted by Crippen LogP contribution is 2.57. The van der Waals surface area contributed by atoms with Gasteiger partial charge in [0, 0.05) is 6.92 Å². The van der Waals surface area contributed by atoms with E-state index in [0.29, 0.717) is 12.8 Å². The van der Waals surface area contributed by atoms with E-state index in [1.165, 1.54) is 61.8 Å².